The van der Waals surface area contributed by atoms with E-state index < -0.39 is 0 Å². The van der Waals surface area contributed by atoms with E-state index in [1.807, 2.05) is 30.5 Å². The molecule has 0 amide bonds. The van der Waals surface area contributed by atoms with Crippen LogP contribution in [0.3, 0.4) is 0 Å². The average Bonchev–Trinajstić information content (AvgIpc) is 2.96. The van der Waals surface area contributed by atoms with Gasteiger partial charge < -0.3 is 5.32 Å². The third-order valence-corrected chi connectivity index (χ3v) is 4.37. The van der Waals surface area contributed by atoms with Gasteiger partial charge in [-0.25, -0.2) is 0 Å². The van der Waals surface area contributed by atoms with Crippen LogP contribution in [0.4, 0.5) is 5.00 Å². The minimum Gasteiger partial charge on any atom is -0.371 e. The molecule has 0 bridgehead atoms. The van der Waals surface area contributed by atoms with E-state index in [2.05, 4.69) is 45.0 Å². The molecule has 4 heteroatoms. The number of fused-ring (bicyclic) bond motifs is 2. The van der Waals surface area contributed by atoms with Crippen molar-refractivity contribution in [3.8, 4) is 0 Å². The van der Waals surface area contributed by atoms with E-state index in [0.29, 0.717) is 0 Å². The van der Waals surface area contributed by atoms with Gasteiger partial charge >= 0.3 is 0 Å². The van der Waals surface area contributed by atoms with Crippen LogP contribution in [0.25, 0.3) is 21.8 Å². The third-order valence-electron chi connectivity index (χ3n) is 3.54. The lowest BCUT2D eigenvalue weighted by Crippen LogP contribution is -1.99. The zero-order valence-electron chi connectivity index (χ0n) is 11.3. The first-order valence-electron chi connectivity index (χ1n) is 6.83. The summed E-state index contributed by atoms with van der Waals surface area (Å²) in [6, 6.07) is 18.5. The normalized spacial score (nSPS) is 11.0. The summed E-state index contributed by atoms with van der Waals surface area (Å²) in [6.45, 7) is 0.751. The van der Waals surface area contributed by atoms with Crippen LogP contribution in [0, 0.1) is 0 Å². The minimum atomic E-state index is 0.751. The van der Waals surface area contributed by atoms with Gasteiger partial charge in [0, 0.05) is 23.5 Å². The molecule has 4 rings (SSSR count). The topological polar surface area (TPSA) is 37.8 Å². The number of anilines is 1. The number of benzene rings is 2. The minimum absolute atomic E-state index is 0.751. The molecule has 21 heavy (non-hydrogen) atoms. The first kappa shape index (κ1) is 12.3. The molecule has 3 nitrogen and oxygen atoms in total. The fourth-order valence-corrected chi connectivity index (χ4v) is 3.26. The molecule has 0 aliphatic heterocycles. The predicted molar refractivity (Wildman–Crippen MR) is 88.7 cm³/mol. The van der Waals surface area contributed by atoms with Crippen molar-refractivity contribution in [3.05, 3.63) is 66.4 Å². The number of hydrogen-bond donors (Lipinski definition) is 1. The molecule has 0 fully saturated rings. The van der Waals surface area contributed by atoms with Crippen molar-refractivity contribution in [2.75, 3.05) is 5.32 Å². The van der Waals surface area contributed by atoms with Crippen molar-refractivity contribution in [3.63, 3.8) is 0 Å². The van der Waals surface area contributed by atoms with Crippen LogP contribution in [0.1, 0.15) is 5.56 Å². The second-order valence-corrected chi connectivity index (χ2v) is 5.65. The van der Waals surface area contributed by atoms with E-state index in [1.165, 1.54) is 27.9 Å². The molecule has 0 saturated heterocycles. The molecule has 102 valence electrons. The lowest BCUT2D eigenvalue weighted by molar-refractivity contribution is 1.17. The molecule has 4 aromatic rings. The average molecular weight is 291 g/mol. The highest BCUT2D eigenvalue weighted by atomic mass is 32.1. The molecule has 0 spiro atoms. The van der Waals surface area contributed by atoms with Gasteiger partial charge in [-0.1, -0.05) is 36.4 Å². The van der Waals surface area contributed by atoms with Gasteiger partial charge in [0.15, 0.2) is 0 Å². The maximum atomic E-state index is 4.49. The Morgan fingerprint density at radius 3 is 2.86 bits per heavy atom. The van der Waals surface area contributed by atoms with Gasteiger partial charge in [0.2, 0.25) is 0 Å². The van der Waals surface area contributed by atoms with Gasteiger partial charge in [-0.2, -0.15) is 4.37 Å². The van der Waals surface area contributed by atoms with E-state index in [9.17, 15) is 0 Å². The summed E-state index contributed by atoms with van der Waals surface area (Å²) in [6.07, 6.45) is 1.84. The zero-order chi connectivity index (χ0) is 14.1. The number of rotatable bonds is 3. The Kier molecular flexibility index (Phi) is 3.01. The van der Waals surface area contributed by atoms with Crippen LogP contribution in [0.15, 0.2) is 60.8 Å². The number of nitrogens with one attached hydrogen (secondary N) is 1. The van der Waals surface area contributed by atoms with E-state index in [1.54, 1.807) is 0 Å². The molecule has 0 atom stereocenters. The van der Waals surface area contributed by atoms with Crippen LogP contribution >= 0.6 is 11.5 Å². The Labute approximate surface area is 126 Å². The summed E-state index contributed by atoms with van der Waals surface area (Å²) in [5, 5.41) is 6.95. The lowest BCUT2D eigenvalue weighted by atomic mass is 10.1. The second-order valence-electron chi connectivity index (χ2n) is 4.87. The predicted octanol–water partition coefficient (Wildman–Crippen LogP) is 4.46. The highest BCUT2D eigenvalue weighted by Crippen LogP contribution is 2.28. The van der Waals surface area contributed by atoms with Crippen LogP contribution < -0.4 is 5.32 Å². The lowest BCUT2D eigenvalue weighted by Gasteiger charge is -2.07. The first-order chi connectivity index (χ1) is 10.4. The summed E-state index contributed by atoms with van der Waals surface area (Å²) in [4.78, 5) is 4.49. The second kappa shape index (κ2) is 5.14. The van der Waals surface area contributed by atoms with Crippen LogP contribution in [0.2, 0.25) is 0 Å². The van der Waals surface area contributed by atoms with Gasteiger partial charge in [-0.3, -0.25) is 4.98 Å². The first-order valence-corrected chi connectivity index (χ1v) is 7.60. The smallest absolute Gasteiger partial charge is 0.117 e. The van der Waals surface area contributed by atoms with Gasteiger partial charge in [0.05, 0.1) is 11.0 Å². The van der Waals surface area contributed by atoms with Crippen molar-refractivity contribution in [1.29, 1.82) is 0 Å². The SMILES string of the molecule is c1cnc2c(CNc3snc4ccccc34)cccc2c1. The molecular formula is C17H13N3S. The van der Waals surface area contributed by atoms with Crippen molar-refractivity contribution < 1.29 is 0 Å². The molecule has 2 aromatic carbocycles. The monoisotopic (exact) mass is 291 g/mol. The maximum Gasteiger partial charge on any atom is 0.117 e. The summed E-state index contributed by atoms with van der Waals surface area (Å²) in [7, 11) is 0. The van der Waals surface area contributed by atoms with Crippen LogP contribution in [-0.4, -0.2) is 9.36 Å². The molecular weight excluding hydrogens is 278 g/mol. The summed E-state index contributed by atoms with van der Waals surface area (Å²) in [5.74, 6) is 0. The van der Waals surface area contributed by atoms with E-state index in [-0.39, 0.29) is 0 Å². The Bertz CT molecular complexity index is 909. The Balaban J connectivity index is 1.67. The Morgan fingerprint density at radius 1 is 0.952 bits per heavy atom. The maximum absolute atomic E-state index is 4.49. The molecule has 1 N–H and O–H groups in total. The molecule has 0 radical (unpaired) electrons. The van der Waals surface area contributed by atoms with Gasteiger partial charge in [-0.05, 0) is 35.3 Å². The zero-order valence-corrected chi connectivity index (χ0v) is 12.1. The molecule has 0 aliphatic carbocycles. The highest BCUT2D eigenvalue weighted by molar-refractivity contribution is 7.11. The summed E-state index contributed by atoms with van der Waals surface area (Å²) in [5.41, 5.74) is 3.30. The quantitative estimate of drug-likeness (QED) is 0.605. The number of para-hydroxylation sites is 1. The molecule has 0 unspecified atom stereocenters. The van der Waals surface area contributed by atoms with Crippen molar-refractivity contribution >= 4 is 38.3 Å². The summed E-state index contributed by atoms with van der Waals surface area (Å²) >= 11 is 1.51. The Hall–Kier alpha value is -2.46. The van der Waals surface area contributed by atoms with Crippen LogP contribution in [-0.2, 0) is 6.54 Å². The fraction of sp³-hybridized carbons (Fsp3) is 0.0588. The molecule has 0 aliphatic rings. The number of aromatic nitrogens is 2. The molecule has 0 saturated carbocycles. The standard InChI is InChI=1S/C17H13N3S/c1-2-9-15-14(8-1)17(21-20-15)19-11-13-6-3-5-12-7-4-10-18-16(12)13/h1-10,19H,11H2. The van der Waals surface area contributed by atoms with Gasteiger partial charge in [0.25, 0.3) is 0 Å². The molecule has 2 aromatic heterocycles. The van der Waals surface area contributed by atoms with Crippen molar-refractivity contribution in [2.24, 2.45) is 0 Å². The number of nitrogens with zero attached hydrogens (tertiary/aromatic N) is 2. The van der Waals surface area contributed by atoms with E-state index in [4.69, 9.17) is 0 Å². The summed E-state index contributed by atoms with van der Waals surface area (Å²) < 4.78 is 4.46. The largest absolute Gasteiger partial charge is 0.371 e. The van der Waals surface area contributed by atoms with Crippen molar-refractivity contribution in [2.45, 2.75) is 6.54 Å². The van der Waals surface area contributed by atoms with E-state index in [0.717, 1.165) is 22.6 Å². The van der Waals surface area contributed by atoms with Crippen molar-refractivity contribution in [1.82, 2.24) is 9.36 Å². The van der Waals surface area contributed by atoms with Crippen LogP contribution in [0.5, 0.6) is 0 Å². The van der Waals surface area contributed by atoms with Gasteiger partial charge in [-0.15, -0.1) is 0 Å². The fourth-order valence-electron chi connectivity index (χ4n) is 2.50. The number of pyridine rings is 1. The molecule has 2 heterocycles. The van der Waals surface area contributed by atoms with E-state index >= 15 is 0 Å². The number of hydrogen-bond acceptors (Lipinski definition) is 4. The van der Waals surface area contributed by atoms with Gasteiger partial charge in [0.1, 0.15) is 5.00 Å². The Morgan fingerprint density at radius 2 is 1.86 bits per heavy atom. The third kappa shape index (κ3) is 2.23. The highest BCUT2D eigenvalue weighted by Gasteiger charge is 2.06.